The Bertz CT molecular complexity index is 317. The minimum absolute atomic E-state index is 0.0139. The summed E-state index contributed by atoms with van der Waals surface area (Å²) in [5.41, 5.74) is 10.0. The van der Waals surface area contributed by atoms with E-state index in [1.54, 1.807) is 0 Å². The molecule has 1 aromatic rings. The number of nitrogens with zero attached hydrogens (tertiary/aromatic N) is 1. The molecule has 0 bridgehead atoms. The lowest BCUT2D eigenvalue weighted by Crippen LogP contribution is -2.06. The van der Waals surface area contributed by atoms with Crippen molar-refractivity contribution < 1.29 is 13.9 Å². The van der Waals surface area contributed by atoms with Crippen LogP contribution in [0.3, 0.4) is 0 Å². The molecule has 1 heterocycles. The molecule has 0 aromatic carbocycles. The molecule has 0 saturated heterocycles. The molecule has 0 radical (unpaired) electrons. The van der Waals surface area contributed by atoms with Crippen molar-refractivity contribution in [3.8, 4) is 0 Å². The molecule has 5 N–H and O–H groups in total. The van der Waals surface area contributed by atoms with E-state index < -0.39 is 18.6 Å². The summed E-state index contributed by atoms with van der Waals surface area (Å²) >= 11 is 0. The lowest BCUT2D eigenvalue weighted by Gasteiger charge is -2.09. The average Bonchev–Trinajstić information content (AvgIpc) is 2.01. The Labute approximate surface area is 73.2 Å². The van der Waals surface area contributed by atoms with Crippen LogP contribution in [0, 0.1) is 0 Å². The summed E-state index contributed by atoms with van der Waals surface area (Å²) in [5, 5.41) is 8.74. The molecule has 1 rings (SSSR count). The van der Waals surface area contributed by atoms with E-state index in [4.69, 9.17) is 16.6 Å². The second-order valence-electron chi connectivity index (χ2n) is 2.46. The van der Waals surface area contributed by atoms with E-state index in [0.29, 0.717) is 0 Å². The number of nitrogen functional groups attached to an aromatic ring is 2. The maximum atomic E-state index is 12.3. The number of rotatable bonds is 2. The Kier molecular flexibility index (Phi) is 2.62. The highest BCUT2D eigenvalue weighted by atomic mass is 19.3. The zero-order chi connectivity index (χ0) is 10.0. The minimum atomic E-state index is -2.75. The van der Waals surface area contributed by atoms with Gasteiger partial charge in [-0.2, -0.15) is 0 Å². The quantitative estimate of drug-likeness (QED) is 0.638. The van der Waals surface area contributed by atoms with Crippen molar-refractivity contribution in [2.24, 2.45) is 0 Å². The average molecular weight is 189 g/mol. The molecule has 4 nitrogen and oxygen atoms in total. The van der Waals surface area contributed by atoms with Gasteiger partial charge in [-0.15, -0.1) is 0 Å². The van der Waals surface area contributed by atoms with Crippen molar-refractivity contribution >= 4 is 11.6 Å². The first-order chi connectivity index (χ1) is 6.06. The molecular formula is C7H9F2N3O. The number of aromatic nitrogens is 1. The fourth-order valence-corrected chi connectivity index (χ4v) is 1.04. The van der Waals surface area contributed by atoms with E-state index in [2.05, 4.69) is 4.98 Å². The predicted octanol–water partition coefficient (Wildman–Crippen LogP) is 0.676. The number of pyridine rings is 1. The van der Waals surface area contributed by atoms with Gasteiger partial charge in [0.25, 0.3) is 6.43 Å². The maximum absolute atomic E-state index is 12.3. The van der Waals surface area contributed by atoms with Crippen molar-refractivity contribution in [1.29, 1.82) is 0 Å². The van der Waals surface area contributed by atoms with Gasteiger partial charge >= 0.3 is 0 Å². The number of nitrogens with two attached hydrogens (primary N) is 2. The van der Waals surface area contributed by atoms with Gasteiger partial charge in [-0.05, 0) is 11.6 Å². The zero-order valence-corrected chi connectivity index (χ0v) is 6.67. The van der Waals surface area contributed by atoms with Crippen LogP contribution in [0.5, 0.6) is 0 Å². The smallest absolute Gasteiger partial charge is 0.267 e. The third-order valence-electron chi connectivity index (χ3n) is 1.58. The first-order valence-electron chi connectivity index (χ1n) is 3.50. The van der Waals surface area contributed by atoms with Gasteiger partial charge < -0.3 is 16.6 Å². The van der Waals surface area contributed by atoms with Crippen LogP contribution in [-0.2, 0) is 6.61 Å². The minimum Gasteiger partial charge on any atom is -0.392 e. The van der Waals surface area contributed by atoms with Crippen LogP contribution in [-0.4, -0.2) is 10.1 Å². The molecule has 0 fully saturated rings. The standard InChI is InChI=1S/C7H9F2N3O/c8-6(9)5-3(2-13)1-4(10)12-7(5)11/h1,6,13H,2H2,(H4,10,11,12). The van der Waals surface area contributed by atoms with Crippen LogP contribution in [0.2, 0.25) is 0 Å². The van der Waals surface area contributed by atoms with Gasteiger partial charge in [-0.1, -0.05) is 0 Å². The van der Waals surface area contributed by atoms with E-state index in [0.717, 1.165) is 0 Å². The molecule has 0 unspecified atom stereocenters. The monoisotopic (exact) mass is 189 g/mol. The van der Waals surface area contributed by atoms with Gasteiger partial charge in [0.05, 0.1) is 12.2 Å². The molecule has 0 spiro atoms. The van der Waals surface area contributed by atoms with Crippen molar-refractivity contribution in [3.05, 3.63) is 17.2 Å². The maximum Gasteiger partial charge on any atom is 0.267 e. The Morgan fingerprint density at radius 3 is 2.54 bits per heavy atom. The normalized spacial score (nSPS) is 10.8. The lowest BCUT2D eigenvalue weighted by molar-refractivity contribution is 0.147. The number of hydrogen-bond donors (Lipinski definition) is 3. The summed E-state index contributed by atoms with van der Waals surface area (Å²) in [6, 6.07) is 1.18. The van der Waals surface area contributed by atoms with Crippen LogP contribution in [0.1, 0.15) is 17.6 Å². The Hall–Kier alpha value is -1.43. The van der Waals surface area contributed by atoms with Gasteiger partial charge in [0.1, 0.15) is 11.6 Å². The summed E-state index contributed by atoms with van der Waals surface area (Å²) in [5.74, 6) is -0.315. The second kappa shape index (κ2) is 3.53. The van der Waals surface area contributed by atoms with E-state index in [9.17, 15) is 8.78 Å². The summed E-state index contributed by atoms with van der Waals surface area (Å²) in [4.78, 5) is 3.47. The Morgan fingerprint density at radius 1 is 1.46 bits per heavy atom. The molecule has 0 amide bonds. The number of alkyl halides is 2. The molecule has 1 aromatic heterocycles. The zero-order valence-electron chi connectivity index (χ0n) is 6.67. The van der Waals surface area contributed by atoms with Crippen LogP contribution in [0.25, 0.3) is 0 Å². The van der Waals surface area contributed by atoms with Gasteiger partial charge in [0.2, 0.25) is 0 Å². The molecule has 0 atom stereocenters. The van der Waals surface area contributed by atoms with E-state index in [1.807, 2.05) is 0 Å². The van der Waals surface area contributed by atoms with E-state index in [-0.39, 0.29) is 17.2 Å². The summed E-state index contributed by atoms with van der Waals surface area (Å²) in [7, 11) is 0. The van der Waals surface area contributed by atoms with Crippen LogP contribution in [0.4, 0.5) is 20.4 Å². The van der Waals surface area contributed by atoms with Gasteiger partial charge in [0.15, 0.2) is 0 Å². The third-order valence-corrected chi connectivity index (χ3v) is 1.58. The van der Waals surface area contributed by atoms with Gasteiger partial charge in [-0.3, -0.25) is 0 Å². The van der Waals surface area contributed by atoms with Crippen LogP contribution >= 0.6 is 0 Å². The first-order valence-corrected chi connectivity index (χ1v) is 3.50. The van der Waals surface area contributed by atoms with E-state index in [1.165, 1.54) is 6.07 Å². The Morgan fingerprint density at radius 2 is 2.08 bits per heavy atom. The highest BCUT2D eigenvalue weighted by molar-refractivity contribution is 5.51. The van der Waals surface area contributed by atoms with Gasteiger partial charge in [-0.25, -0.2) is 13.8 Å². The molecule has 0 aliphatic rings. The number of anilines is 2. The number of aliphatic hydroxyl groups excluding tert-OH is 1. The fraction of sp³-hybridized carbons (Fsp3) is 0.286. The number of aliphatic hydroxyl groups is 1. The molecule has 13 heavy (non-hydrogen) atoms. The number of hydrogen-bond acceptors (Lipinski definition) is 4. The van der Waals surface area contributed by atoms with Crippen LogP contribution in [0.15, 0.2) is 6.07 Å². The predicted molar refractivity (Wildman–Crippen MR) is 43.9 cm³/mol. The Balaban J connectivity index is 3.30. The van der Waals surface area contributed by atoms with Crippen molar-refractivity contribution in [2.75, 3.05) is 11.5 Å². The van der Waals surface area contributed by atoms with Crippen molar-refractivity contribution in [2.45, 2.75) is 13.0 Å². The topological polar surface area (TPSA) is 85.2 Å². The SMILES string of the molecule is Nc1cc(CO)c(C(F)F)c(N)n1. The van der Waals surface area contributed by atoms with Gasteiger partial charge in [0, 0.05) is 0 Å². The summed E-state index contributed by atoms with van der Waals surface area (Å²) in [6.45, 7) is -0.531. The molecule has 72 valence electrons. The third kappa shape index (κ3) is 1.83. The number of halogens is 2. The highest BCUT2D eigenvalue weighted by Gasteiger charge is 2.17. The molecule has 6 heteroatoms. The second-order valence-corrected chi connectivity index (χ2v) is 2.46. The molecule has 0 aliphatic heterocycles. The van der Waals surface area contributed by atoms with Crippen molar-refractivity contribution in [3.63, 3.8) is 0 Å². The van der Waals surface area contributed by atoms with Crippen LogP contribution < -0.4 is 11.5 Å². The summed E-state index contributed by atoms with van der Waals surface area (Å²) in [6.07, 6.45) is -2.75. The lowest BCUT2D eigenvalue weighted by atomic mass is 10.1. The largest absolute Gasteiger partial charge is 0.392 e. The van der Waals surface area contributed by atoms with E-state index >= 15 is 0 Å². The first kappa shape index (κ1) is 9.66. The fourth-order valence-electron chi connectivity index (χ4n) is 1.04. The molecular weight excluding hydrogens is 180 g/mol. The highest BCUT2D eigenvalue weighted by Crippen LogP contribution is 2.28. The molecule has 0 saturated carbocycles. The van der Waals surface area contributed by atoms with Crippen molar-refractivity contribution in [1.82, 2.24) is 4.98 Å². The summed E-state index contributed by atoms with van der Waals surface area (Å²) < 4.78 is 24.7. The molecule has 0 aliphatic carbocycles.